The summed E-state index contributed by atoms with van der Waals surface area (Å²) in [6, 6.07) is 10.1. The molecule has 0 aliphatic carbocycles. The molecule has 1 aromatic heterocycles. The lowest BCUT2D eigenvalue weighted by Crippen LogP contribution is -2.14. The third kappa shape index (κ3) is 3.42. The molecule has 0 saturated carbocycles. The fraction of sp³-hybridized carbons (Fsp3) is 0.200. The monoisotopic (exact) mass is 288 g/mol. The number of carbonyl (C=O) groups excluding carboxylic acids is 1. The average molecular weight is 288 g/mol. The van der Waals surface area contributed by atoms with E-state index in [2.05, 4.69) is 10.3 Å². The van der Waals surface area contributed by atoms with Gasteiger partial charge >= 0.3 is 0 Å². The molecule has 0 saturated heterocycles. The predicted molar refractivity (Wildman–Crippen MR) is 78.3 cm³/mol. The van der Waals surface area contributed by atoms with Crippen LogP contribution in [0, 0.1) is 0 Å². The molecule has 1 N–H and O–H groups in total. The van der Waals surface area contributed by atoms with Crippen LogP contribution in [-0.4, -0.2) is 32.2 Å². The van der Waals surface area contributed by atoms with Gasteiger partial charge in [0.1, 0.15) is 5.69 Å². The summed E-state index contributed by atoms with van der Waals surface area (Å²) in [6.07, 6.45) is 0. The van der Waals surface area contributed by atoms with E-state index < -0.39 is 0 Å². The van der Waals surface area contributed by atoms with Crippen molar-refractivity contribution >= 4 is 11.6 Å². The number of hydrogen-bond acceptors (Lipinski definition) is 5. The van der Waals surface area contributed by atoms with Crippen molar-refractivity contribution in [1.29, 1.82) is 0 Å². The molecule has 110 valence electrons. The van der Waals surface area contributed by atoms with Crippen molar-refractivity contribution in [3.63, 3.8) is 0 Å². The lowest BCUT2D eigenvalue weighted by Gasteiger charge is -2.10. The van der Waals surface area contributed by atoms with Crippen molar-refractivity contribution in [2.75, 3.05) is 26.6 Å². The van der Waals surface area contributed by atoms with Crippen LogP contribution in [0.15, 0.2) is 36.4 Å². The molecule has 1 amide bonds. The number of carbonyl (C=O) groups is 1. The first kappa shape index (κ1) is 14.6. The van der Waals surface area contributed by atoms with Crippen molar-refractivity contribution in [2.24, 2.45) is 0 Å². The topological polar surface area (TPSA) is 69.7 Å². The van der Waals surface area contributed by atoms with Gasteiger partial charge in [-0.05, 0) is 18.2 Å². The van der Waals surface area contributed by atoms with Crippen molar-refractivity contribution in [2.45, 2.75) is 0 Å². The molecule has 6 heteroatoms. The van der Waals surface area contributed by atoms with E-state index in [1.165, 1.54) is 14.2 Å². The summed E-state index contributed by atoms with van der Waals surface area (Å²) in [5, 5.41) is 2.74. The van der Waals surface area contributed by atoms with Gasteiger partial charge in [-0.2, -0.15) is 0 Å². The summed E-state index contributed by atoms with van der Waals surface area (Å²) in [7, 11) is 4.59. The number of benzene rings is 1. The van der Waals surface area contributed by atoms with Crippen molar-refractivity contribution in [1.82, 2.24) is 4.98 Å². The first-order valence-corrected chi connectivity index (χ1v) is 6.22. The zero-order valence-electron chi connectivity index (χ0n) is 12.0. The number of nitrogens with zero attached hydrogens (tertiary/aromatic N) is 1. The number of ether oxygens (including phenoxy) is 3. The number of methoxy groups -OCH3 is 3. The lowest BCUT2D eigenvalue weighted by molar-refractivity contribution is 0.102. The molecule has 2 rings (SSSR count). The highest BCUT2D eigenvalue weighted by Crippen LogP contribution is 2.29. The standard InChI is InChI=1S/C15H16N2O4/c1-19-12-8-7-10(9-13(12)20-2)16-15(18)11-5-4-6-14(17-11)21-3/h4-9H,1-3H3,(H,16,18). The third-order valence-corrected chi connectivity index (χ3v) is 2.81. The second kappa shape index (κ2) is 6.60. The molecule has 2 aromatic rings. The number of hydrogen-bond donors (Lipinski definition) is 1. The van der Waals surface area contributed by atoms with Crippen LogP contribution >= 0.6 is 0 Å². The Balaban J connectivity index is 2.19. The van der Waals surface area contributed by atoms with Crippen LogP contribution in [0.3, 0.4) is 0 Å². The molecular formula is C15H16N2O4. The summed E-state index contributed by atoms with van der Waals surface area (Å²) in [5.74, 6) is 1.18. The molecule has 21 heavy (non-hydrogen) atoms. The van der Waals surface area contributed by atoms with Crippen molar-refractivity contribution < 1.29 is 19.0 Å². The Morgan fingerprint density at radius 2 is 1.76 bits per heavy atom. The van der Waals surface area contributed by atoms with Crippen molar-refractivity contribution in [3.05, 3.63) is 42.1 Å². The van der Waals surface area contributed by atoms with Crippen LogP contribution in [-0.2, 0) is 0 Å². The first-order chi connectivity index (χ1) is 10.2. The van der Waals surface area contributed by atoms with E-state index in [9.17, 15) is 4.79 Å². The van der Waals surface area contributed by atoms with E-state index in [4.69, 9.17) is 14.2 Å². The van der Waals surface area contributed by atoms with Gasteiger partial charge in [0.25, 0.3) is 5.91 Å². The van der Waals surface area contributed by atoms with Crippen LogP contribution in [0.4, 0.5) is 5.69 Å². The second-order valence-corrected chi connectivity index (χ2v) is 4.09. The summed E-state index contributed by atoms with van der Waals surface area (Å²) in [4.78, 5) is 16.2. The van der Waals surface area contributed by atoms with Gasteiger partial charge in [-0.1, -0.05) is 6.07 Å². The highest BCUT2D eigenvalue weighted by Gasteiger charge is 2.11. The number of aromatic nitrogens is 1. The molecular weight excluding hydrogens is 272 g/mol. The van der Waals surface area contributed by atoms with Gasteiger partial charge < -0.3 is 19.5 Å². The predicted octanol–water partition coefficient (Wildman–Crippen LogP) is 2.36. The zero-order chi connectivity index (χ0) is 15.2. The van der Waals surface area contributed by atoms with Crippen LogP contribution in [0.2, 0.25) is 0 Å². The van der Waals surface area contributed by atoms with Gasteiger partial charge in [-0.25, -0.2) is 4.98 Å². The number of amides is 1. The van der Waals surface area contributed by atoms with E-state index in [0.717, 1.165) is 0 Å². The number of nitrogens with one attached hydrogen (secondary N) is 1. The Morgan fingerprint density at radius 3 is 2.43 bits per heavy atom. The number of pyridine rings is 1. The maximum Gasteiger partial charge on any atom is 0.274 e. The Labute approximate surface area is 122 Å². The van der Waals surface area contributed by atoms with Crippen LogP contribution in [0.25, 0.3) is 0 Å². The maximum absolute atomic E-state index is 12.1. The zero-order valence-corrected chi connectivity index (χ0v) is 12.0. The molecule has 0 unspecified atom stereocenters. The van der Waals surface area contributed by atoms with Gasteiger partial charge in [0.2, 0.25) is 5.88 Å². The average Bonchev–Trinajstić information content (AvgIpc) is 2.54. The Hall–Kier alpha value is -2.76. The first-order valence-electron chi connectivity index (χ1n) is 6.22. The molecule has 1 heterocycles. The van der Waals surface area contributed by atoms with Gasteiger partial charge in [0.15, 0.2) is 11.5 Å². The summed E-state index contributed by atoms with van der Waals surface area (Å²) in [5.41, 5.74) is 0.853. The highest BCUT2D eigenvalue weighted by molar-refractivity contribution is 6.03. The summed E-state index contributed by atoms with van der Waals surface area (Å²) in [6.45, 7) is 0. The Kier molecular flexibility index (Phi) is 4.61. The molecule has 0 aliphatic heterocycles. The number of anilines is 1. The van der Waals surface area contributed by atoms with Crippen LogP contribution in [0.5, 0.6) is 17.4 Å². The fourth-order valence-corrected chi connectivity index (χ4v) is 1.76. The molecule has 0 radical (unpaired) electrons. The minimum atomic E-state index is -0.332. The normalized spacial score (nSPS) is 9.86. The van der Waals surface area contributed by atoms with E-state index >= 15 is 0 Å². The van der Waals surface area contributed by atoms with E-state index in [-0.39, 0.29) is 11.6 Å². The maximum atomic E-state index is 12.1. The summed E-state index contributed by atoms with van der Waals surface area (Å²) < 4.78 is 15.3. The second-order valence-electron chi connectivity index (χ2n) is 4.09. The van der Waals surface area contributed by atoms with Crippen molar-refractivity contribution in [3.8, 4) is 17.4 Å². The van der Waals surface area contributed by atoms with Gasteiger partial charge in [0, 0.05) is 17.8 Å². The Morgan fingerprint density at radius 1 is 1.00 bits per heavy atom. The smallest absolute Gasteiger partial charge is 0.274 e. The van der Waals surface area contributed by atoms with E-state index in [1.807, 2.05) is 0 Å². The van der Waals surface area contributed by atoms with Crippen LogP contribution < -0.4 is 19.5 Å². The molecule has 0 spiro atoms. The highest BCUT2D eigenvalue weighted by atomic mass is 16.5. The molecule has 0 aliphatic rings. The Bertz CT molecular complexity index is 643. The van der Waals surface area contributed by atoms with Gasteiger partial charge in [0.05, 0.1) is 21.3 Å². The molecule has 0 atom stereocenters. The van der Waals surface area contributed by atoms with E-state index in [0.29, 0.717) is 23.1 Å². The van der Waals surface area contributed by atoms with Gasteiger partial charge in [-0.15, -0.1) is 0 Å². The molecule has 1 aromatic carbocycles. The van der Waals surface area contributed by atoms with Gasteiger partial charge in [-0.3, -0.25) is 4.79 Å². The fourth-order valence-electron chi connectivity index (χ4n) is 1.76. The lowest BCUT2D eigenvalue weighted by atomic mass is 10.2. The van der Waals surface area contributed by atoms with Crippen LogP contribution in [0.1, 0.15) is 10.5 Å². The third-order valence-electron chi connectivity index (χ3n) is 2.81. The minimum absolute atomic E-state index is 0.268. The molecule has 0 bridgehead atoms. The van der Waals surface area contributed by atoms with E-state index in [1.54, 1.807) is 43.5 Å². The number of rotatable bonds is 5. The summed E-state index contributed by atoms with van der Waals surface area (Å²) >= 11 is 0. The SMILES string of the molecule is COc1cccc(C(=O)Nc2ccc(OC)c(OC)c2)n1. The minimum Gasteiger partial charge on any atom is -0.493 e. The molecule has 6 nitrogen and oxygen atoms in total. The largest absolute Gasteiger partial charge is 0.493 e. The quantitative estimate of drug-likeness (QED) is 0.914. The molecule has 0 fully saturated rings.